The topological polar surface area (TPSA) is 56.2 Å². The maximum Gasteiger partial charge on any atom is 0.222 e. The lowest BCUT2D eigenvalue weighted by molar-refractivity contribution is -0.121. The standard InChI is InChI=1S/C23H20FN3O2/c24-20-14-17(7-8-22(20)29-19-5-3-11-25-16-19)15-26-23(28)10-13-27-12-9-18-4-1-2-6-21(18)27/h1-9,11-12,14,16H,10,13,15H2,(H,26,28). The van der Waals surface area contributed by atoms with Gasteiger partial charge in [0.1, 0.15) is 5.75 Å². The number of rotatable bonds is 7. The van der Waals surface area contributed by atoms with Crippen LogP contribution in [0.3, 0.4) is 0 Å². The van der Waals surface area contributed by atoms with Crippen molar-refractivity contribution in [1.82, 2.24) is 14.9 Å². The van der Waals surface area contributed by atoms with Gasteiger partial charge in [0.2, 0.25) is 5.91 Å². The molecule has 2 aromatic heterocycles. The first-order valence-corrected chi connectivity index (χ1v) is 9.36. The van der Waals surface area contributed by atoms with Crippen LogP contribution in [0.5, 0.6) is 11.5 Å². The number of carbonyl (C=O) groups is 1. The van der Waals surface area contributed by atoms with E-state index in [2.05, 4.69) is 14.9 Å². The maximum absolute atomic E-state index is 14.3. The zero-order chi connectivity index (χ0) is 20.1. The van der Waals surface area contributed by atoms with Crippen LogP contribution < -0.4 is 10.1 Å². The highest BCUT2D eigenvalue weighted by atomic mass is 19.1. The Morgan fingerprint density at radius 3 is 2.83 bits per heavy atom. The minimum Gasteiger partial charge on any atom is -0.453 e. The van der Waals surface area contributed by atoms with Gasteiger partial charge in [-0.05, 0) is 47.3 Å². The third-order valence-corrected chi connectivity index (χ3v) is 4.61. The van der Waals surface area contributed by atoms with Gasteiger partial charge >= 0.3 is 0 Å². The number of carbonyl (C=O) groups excluding carboxylic acids is 1. The van der Waals surface area contributed by atoms with Gasteiger partial charge in [-0.1, -0.05) is 24.3 Å². The molecule has 29 heavy (non-hydrogen) atoms. The van der Waals surface area contributed by atoms with Crippen molar-refractivity contribution in [2.75, 3.05) is 0 Å². The first-order chi connectivity index (χ1) is 14.2. The van der Waals surface area contributed by atoms with E-state index >= 15 is 0 Å². The Hall–Kier alpha value is -3.67. The number of nitrogens with zero attached hydrogens (tertiary/aromatic N) is 2. The number of ether oxygens (including phenoxy) is 1. The first kappa shape index (κ1) is 18.7. The lowest BCUT2D eigenvalue weighted by Gasteiger charge is -2.10. The van der Waals surface area contributed by atoms with E-state index in [0.717, 1.165) is 10.9 Å². The molecule has 0 radical (unpaired) electrons. The lowest BCUT2D eigenvalue weighted by Crippen LogP contribution is -2.23. The Morgan fingerprint density at radius 2 is 2.00 bits per heavy atom. The molecule has 0 bridgehead atoms. The van der Waals surface area contributed by atoms with Gasteiger partial charge in [-0.15, -0.1) is 0 Å². The van der Waals surface area contributed by atoms with Crippen molar-refractivity contribution in [2.45, 2.75) is 19.5 Å². The van der Waals surface area contributed by atoms with E-state index in [0.29, 0.717) is 24.3 Å². The molecule has 0 spiro atoms. The molecule has 6 heteroatoms. The summed E-state index contributed by atoms with van der Waals surface area (Å²) in [6, 6.07) is 18.1. The molecule has 1 N–H and O–H groups in total. The molecule has 0 fully saturated rings. The summed E-state index contributed by atoms with van der Waals surface area (Å²) < 4.78 is 21.8. The van der Waals surface area contributed by atoms with Crippen LogP contribution in [0.15, 0.2) is 79.3 Å². The van der Waals surface area contributed by atoms with E-state index < -0.39 is 5.82 Å². The minimum absolute atomic E-state index is 0.0844. The van der Waals surface area contributed by atoms with E-state index in [1.54, 1.807) is 30.5 Å². The molecule has 0 atom stereocenters. The highest BCUT2D eigenvalue weighted by Gasteiger charge is 2.08. The minimum atomic E-state index is -0.487. The molecular weight excluding hydrogens is 369 g/mol. The number of amides is 1. The Balaban J connectivity index is 1.30. The van der Waals surface area contributed by atoms with E-state index in [-0.39, 0.29) is 18.2 Å². The highest BCUT2D eigenvalue weighted by molar-refractivity contribution is 5.80. The number of aryl methyl sites for hydroxylation is 1. The van der Waals surface area contributed by atoms with Crippen molar-refractivity contribution in [3.05, 3.63) is 90.6 Å². The fourth-order valence-corrected chi connectivity index (χ4v) is 3.12. The average Bonchev–Trinajstić information content (AvgIpc) is 3.16. The normalized spacial score (nSPS) is 10.8. The second kappa shape index (κ2) is 8.56. The number of halogens is 1. The first-order valence-electron chi connectivity index (χ1n) is 9.36. The molecule has 0 aliphatic rings. The second-order valence-corrected chi connectivity index (χ2v) is 6.65. The summed E-state index contributed by atoms with van der Waals surface area (Å²) in [6.45, 7) is 0.848. The summed E-state index contributed by atoms with van der Waals surface area (Å²) in [5, 5.41) is 3.99. The summed E-state index contributed by atoms with van der Waals surface area (Å²) in [6.07, 6.45) is 5.47. The van der Waals surface area contributed by atoms with Crippen LogP contribution in [0.1, 0.15) is 12.0 Å². The lowest BCUT2D eigenvalue weighted by atomic mass is 10.2. The van der Waals surface area contributed by atoms with Gasteiger partial charge in [0, 0.05) is 37.4 Å². The number of benzene rings is 2. The summed E-state index contributed by atoms with van der Waals surface area (Å²) in [5.41, 5.74) is 1.77. The van der Waals surface area contributed by atoms with Crippen molar-refractivity contribution < 1.29 is 13.9 Å². The van der Waals surface area contributed by atoms with Gasteiger partial charge < -0.3 is 14.6 Å². The molecule has 2 aromatic carbocycles. The summed E-state index contributed by atoms with van der Waals surface area (Å²) in [7, 11) is 0. The molecule has 4 rings (SSSR count). The number of para-hydroxylation sites is 1. The molecule has 0 unspecified atom stereocenters. The fourth-order valence-electron chi connectivity index (χ4n) is 3.12. The zero-order valence-electron chi connectivity index (χ0n) is 15.7. The van der Waals surface area contributed by atoms with Crippen LogP contribution >= 0.6 is 0 Å². The monoisotopic (exact) mass is 389 g/mol. The molecule has 5 nitrogen and oxygen atoms in total. The van der Waals surface area contributed by atoms with Crippen LogP contribution in [0.4, 0.5) is 4.39 Å². The molecular formula is C23H20FN3O2. The summed E-state index contributed by atoms with van der Waals surface area (Å²) in [5.74, 6) is 0.0100. The number of hydrogen-bond acceptors (Lipinski definition) is 3. The van der Waals surface area contributed by atoms with Gasteiger partial charge in [0.05, 0.1) is 6.20 Å². The summed E-state index contributed by atoms with van der Waals surface area (Å²) >= 11 is 0. The molecule has 4 aromatic rings. The predicted molar refractivity (Wildman–Crippen MR) is 109 cm³/mol. The highest BCUT2D eigenvalue weighted by Crippen LogP contribution is 2.24. The Labute approximate surface area is 167 Å². The number of pyridine rings is 1. The molecule has 1 amide bonds. The van der Waals surface area contributed by atoms with Gasteiger partial charge in [0.15, 0.2) is 11.6 Å². The van der Waals surface area contributed by atoms with Gasteiger partial charge in [-0.2, -0.15) is 0 Å². The van der Waals surface area contributed by atoms with Crippen molar-refractivity contribution in [1.29, 1.82) is 0 Å². The van der Waals surface area contributed by atoms with Crippen molar-refractivity contribution >= 4 is 16.8 Å². The fraction of sp³-hybridized carbons (Fsp3) is 0.130. The molecule has 0 aliphatic carbocycles. The average molecular weight is 389 g/mol. The zero-order valence-corrected chi connectivity index (χ0v) is 15.7. The second-order valence-electron chi connectivity index (χ2n) is 6.65. The Morgan fingerprint density at radius 1 is 1.10 bits per heavy atom. The number of hydrogen-bond donors (Lipinski definition) is 1. The van der Waals surface area contributed by atoms with Crippen LogP contribution in [0.25, 0.3) is 10.9 Å². The number of nitrogens with one attached hydrogen (secondary N) is 1. The van der Waals surface area contributed by atoms with E-state index in [4.69, 9.17) is 4.74 Å². The maximum atomic E-state index is 14.3. The third kappa shape index (κ3) is 4.60. The third-order valence-electron chi connectivity index (χ3n) is 4.61. The Kier molecular flexibility index (Phi) is 5.52. The van der Waals surface area contributed by atoms with Crippen LogP contribution in [-0.2, 0) is 17.9 Å². The largest absolute Gasteiger partial charge is 0.453 e. The molecule has 2 heterocycles. The number of fused-ring (bicyclic) bond motifs is 1. The van der Waals surface area contributed by atoms with Crippen LogP contribution in [0, 0.1) is 5.82 Å². The van der Waals surface area contributed by atoms with E-state index in [1.165, 1.54) is 12.3 Å². The quantitative estimate of drug-likeness (QED) is 0.500. The van der Waals surface area contributed by atoms with E-state index in [1.807, 2.05) is 36.5 Å². The SMILES string of the molecule is O=C(CCn1ccc2ccccc21)NCc1ccc(Oc2cccnc2)c(F)c1. The van der Waals surface area contributed by atoms with Gasteiger partial charge in [-0.25, -0.2) is 4.39 Å². The van der Waals surface area contributed by atoms with Crippen LogP contribution in [-0.4, -0.2) is 15.5 Å². The van der Waals surface area contributed by atoms with Crippen molar-refractivity contribution in [3.8, 4) is 11.5 Å². The van der Waals surface area contributed by atoms with Crippen molar-refractivity contribution in [3.63, 3.8) is 0 Å². The smallest absolute Gasteiger partial charge is 0.222 e. The molecule has 0 saturated heterocycles. The van der Waals surface area contributed by atoms with Crippen molar-refractivity contribution in [2.24, 2.45) is 0 Å². The number of aromatic nitrogens is 2. The molecule has 0 saturated carbocycles. The van der Waals surface area contributed by atoms with E-state index in [9.17, 15) is 9.18 Å². The summed E-state index contributed by atoms with van der Waals surface area (Å²) in [4.78, 5) is 16.1. The molecule has 146 valence electrons. The predicted octanol–water partition coefficient (Wildman–Crippen LogP) is 4.67. The van der Waals surface area contributed by atoms with Crippen LogP contribution in [0.2, 0.25) is 0 Å². The van der Waals surface area contributed by atoms with Gasteiger partial charge in [0.25, 0.3) is 0 Å². The Bertz CT molecular complexity index is 1130. The molecule has 0 aliphatic heterocycles. The van der Waals surface area contributed by atoms with Gasteiger partial charge in [-0.3, -0.25) is 9.78 Å².